The summed E-state index contributed by atoms with van der Waals surface area (Å²) in [6, 6.07) is 8.56. The van der Waals surface area contributed by atoms with Gasteiger partial charge in [-0.1, -0.05) is 26.0 Å². The van der Waals surface area contributed by atoms with Gasteiger partial charge in [0.25, 0.3) is 0 Å². The Kier molecular flexibility index (Phi) is 5.32. The van der Waals surface area contributed by atoms with Crippen molar-refractivity contribution in [2.45, 2.75) is 30.0 Å². The van der Waals surface area contributed by atoms with E-state index in [1.165, 1.54) is 10.5 Å². The zero-order valence-corrected chi connectivity index (χ0v) is 11.3. The van der Waals surface area contributed by atoms with Crippen LogP contribution in [0.2, 0.25) is 0 Å². The third kappa shape index (κ3) is 3.81. The van der Waals surface area contributed by atoms with Crippen molar-refractivity contribution in [2.24, 2.45) is 0 Å². The molecule has 0 bridgehead atoms. The van der Waals surface area contributed by atoms with Crippen LogP contribution in [-0.4, -0.2) is 36.0 Å². The van der Waals surface area contributed by atoms with E-state index in [4.69, 9.17) is 0 Å². The molecular weight excluding hydrogens is 218 g/mol. The highest BCUT2D eigenvalue weighted by Crippen LogP contribution is 2.25. The normalized spacial score (nSPS) is 13.4. The Hall–Kier alpha value is -0.510. The number of nitrogens with zero attached hydrogens (tertiary/aromatic N) is 1. The number of aliphatic hydroxyl groups is 1. The van der Waals surface area contributed by atoms with E-state index in [2.05, 4.69) is 38.1 Å². The molecule has 1 rings (SSSR count). The first-order chi connectivity index (χ1) is 7.54. The molecule has 1 N–H and O–H groups in total. The summed E-state index contributed by atoms with van der Waals surface area (Å²) in [5.41, 5.74) is 1.17. The fourth-order valence-electron chi connectivity index (χ4n) is 1.61. The summed E-state index contributed by atoms with van der Waals surface area (Å²) in [6.07, 6.45) is 0. The van der Waals surface area contributed by atoms with Crippen LogP contribution in [-0.2, 0) is 0 Å². The fourth-order valence-corrected chi connectivity index (χ4v) is 2.45. The molecule has 0 saturated heterocycles. The summed E-state index contributed by atoms with van der Waals surface area (Å²) in [6.45, 7) is 4.54. The van der Waals surface area contributed by atoms with E-state index in [9.17, 15) is 5.11 Å². The molecule has 1 aromatic rings. The monoisotopic (exact) mass is 239 g/mol. The van der Waals surface area contributed by atoms with Gasteiger partial charge in [-0.2, -0.15) is 0 Å². The summed E-state index contributed by atoms with van der Waals surface area (Å²) >= 11 is 1.86. The van der Waals surface area contributed by atoms with Crippen LogP contribution in [0.3, 0.4) is 0 Å². The highest BCUT2D eigenvalue weighted by molar-refractivity contribution is 7.99. The summed E-state index contributed by atoms with van der Waals surface area (Å²) in [5.74, 6) is 0. The molecule has 1 unspecified atom stereocenters. The van der Waals surface area contributed by atoms with Gasteiger partial charge in [0, 0.05) is 10.1 Å². The van der Waals surface area contributed by atoms with Gasteiger partial charge in [-0.05, 0) is 31.8 Å². The van der Waals surface area contributed by atoms with Crippen molar-refractivity contribution in [1.29, 1.82) is 0 Å². The van der Waals surface area contributed by atoms with Crippen LogP contribution in [0.1, 0.15) is 25.5 Å². The minimum atomic E-state index is 0.0955. The predicted octanol–water partition coefficient (Wildman–Crippen LogP) is 2.78. The number of likely N-dealkylation sites (N-methyl/N-ethyl adjacent to an activating group) is 1. The van der Waals surface area contributed by atoms with E-state index in [0.29, 0.717) is 5.25 Å². The molecule has 0 fully saturated rings. The van der Waals surface area contributed by atoms with Gasteiger partial charge in [0.1, 0.15) is 0 Å². The highest BCUT2D eigenvalue weighted by Gasteiger charge is 2.12. The third-order valence-electron chi connectivity index (χ3n) is 2.43. The number of hydrogen-bond acceptors (Lipinski definition) is 3. The molecule has 0 radical (unpaired) electrons. The summed E-state index contributed by atoms with van der Waals surface area (Å²) in [4.78, 5) is 3.32. The molecule has 0 spiro atoms. The lowest BCUT2D eigenvalue weighted by Crippen LogP contribution is -2.22. The Morgan fingerprint density at radius 3 is 2.12 bits per heavy atom. The van der Waals surface area contributed by atoms with Gasteiger partial charge < -0.3 is 10.0 Å². The van der Waals surface area contributed by atoms with Gasteiger partial charge in [0.15, 0.2) is 0 Å². The molecule has 0 aliphatic rings. The quantitative estimate of drug-likeness (QED) is 0.799. The van der Waals surface area contributed by atoms with Gasteiger partial charge in [0.2, 0.25) is 0 Å². The summed E-state index contributed by atoms with van der Waals surface area (Å²) < 4.78 is 0. The molecule has 0 heterocycles. The van der Waals surface area contributed by atoms with Crippen LogP contribution in [0, 0.1) is 0 Å². The van der Waals surface area contributed by atoms with Crippen LogP contribution in [0.15, 0.2) is 29.2 Å². The van der Waals surface area contributed by atoms with Crippen LogP contribution in [0.4, 0.5) is 0 Å². The first-order valence-electron chi connectivity index (χ1n) is 5.58. The molecule has 0 aliphatic heterocycles. The van der Waals surface area contributed by atoms with E-state index in [1.54, 1.807) is 0 Å². The van der Waals surface area contributed by atoms with Gasteiger partial charge in [-0.25, -0.2) is 0 Å². The predicted molar refractivity (Wildman–Crippen MR) is 70.9 cm³/mol. The number of rotatable bonds is 5. The van der Waals surface area contributed by atoms with Gasteiger partial charge in [0.05, 0.1) is 12.6 Å². The van der Waals surface area contributed by atoms with Crippen molar-refractivity contribution in [2.75, 3.05) is 20.7 Å². The van der Waals surface area contributed by atoms with Crippen LogP contribution < -0.4 is 0 Å². The van der Waals surface area contributed by atoms with Crippen molar-refractivity contribution in [3.8, 4) is 0 Å². The topological polar surface area (TPSA) is 23.5 Å². The molecule has 0 aliphatic carbocycles. The Morgan fingerprint density at radius 2 is 1.75 bits per heavy atom. The maximum absolute atomic E-state index is 9.32. The Morgan fingerprint density at radius 1 is 1.19 bits per heavy atom. The smallest absolute Gasteiger partial charge is 0.0628 e. The largest absolute Gasteiger partial charge is 0.394 e. The number of thioether (sulfide) groups is 1. The molecule has 1 aromatic carbocycles. The first kappa shape index (κ1) is 13.6. The van der Waals surface area contributed by atoms with Crippen molar-refractivity contribution < 1.29 is 5.11 Å². The van der Waals surface area contributed by atoms with Gasteiger partial charge in [-0.15, -0.1) is 11.8 Å². The standard InChI is InChI=1S/C13H21NOS/c1-10(2)16-12-7-5-11(6-8-12)13(9-15)14(3)4/h5-8,10,13,15H,9H2,1-4H3. The average Bonchev–Trinajstić information content (AvgIpc) is 2.20. The molecule has 1 atom stereocenters. The van der Waals surface area contributed by atoms with Crippen molar-refractivity contribution >= 4 is 11.8 Å². The van der Waals surface area contributed by atoms with Crippen molar-refractivity contribution in [3.63, 3.8) is 0 Å². The van der Waals surface area contributed by atoms with E-state index in [-0.39, 0.29) is 12.6 Å². The third-order valence-corrected chi connectivity index (χ3v) is 3.45. The maximum Gasteiger partial charge on any atom is 0.0628 e. The molecular formula is C13H21NOS. The lowest BCUT2D eigenvalue weighted by atomic mass is 10.1. The van der Waals surface area contributed by atoms with E-state index in [1.807, 2.05) is 30.8 Å². The summed E-state index contributed by atoms with van der Waals surface area (Å²) in [5, 5.41) is 9.92. The molecule has 0 amide bonds. The van der Waals surface area contributed by atoms with E-state index < -0.39 is 0 Å². The summed E-state index contributed by atoms with van der Waals surface area (Å²) in [7, 11) is 3.97. The van der Waals surface area contributed by atoms with Crippen LogP contribution in [0.5, 0.6) is 0 Å². The lowest BCUT2D eigenvalue weighted by Gasteiger charge is -2.22. The van der Waals surface area contributed by atoms with Crippen LogP contribution in [0.25, 0.3) is 0 Å². The average molecular weight is 239 g/mol. The number of benzene rings is 1. The first-order valence-corrected chi connectivity index (χ1v) is 6.46. The lowest BCUT2D eigenvalue weighted by molar-refractivity contribution is 0.171. The number of hydrogen-bond donors (Lipinski definition) is 1. The number of aliphatic hydroxyl groups excluding tert-OH is 1. The Balaban J connectivity index is 2.77. The second-order valence-corrected chi connectivity index (χ2v) is 6.05. The van der Waals surface area contributed by atoms with Gasteiger partial charge in [-0.3, -0.25) is 0 Å². The molecule has 0 saturated carbocycles. The zero-order valence-electron chi connectivity index (χ0n) is 10.5. The van der Waals surface area contributed by atoms with Crippen molar-refractivity contribution in [3.05, 3.63) is 29.8 Å². The van der Waals surface area contributed by atoms with E-state index >= 15 is 0 Å². The molecule has 3 heteroatoms. The maximum atomic E-state index is 9.32. The molecule has 0 aromatic heterocycles. The van der Waals surface area contributed by atoms with Crippen LogP contribution >= 0.6 is 11.8 Å². The SMILES string of the molecule is CC(C)Sc1ccc(C(CO)N(C)C)cc1. The molecule has 90 valence electrons. The second kappa shape index (κ2) is 6.28. The second-order valence-electron chi connectivity index (χ2n) is 4.40. The minimum Gasteiger partial charge on any atom is -0.394 e. The van der Waals surface area contributed by atoms with Crippen molar-refractivity contribution in [1.82, 2.24) is 4.90 Å². The zero-order chi connectivity index (χ0) is 12.1. The fraction of sp³-hybridized carbons (Fsp3) is 0.538. The highest BCUT2D eigenvalue weighted by atomic mass is 32.2. The Labute approximate surface area is 103 Å². The molecule has 2 nitrogen and oxygen atoms in total. The van der Waals surface area contributed by atoms with Gasteiger partial charge >= 0.3 is 0 Å². The molecule has 16 heavy (non-hydrogen) atoms. The minimum absolute atomic E-state index is 0.0955. The Bertz CT molecular complexity index is 308. The van der Waals surface area contributed by atoms with E-state index in [0.717, 1.165) is 0 Å².